The fourth-order valence-electron chi connectivity index (χ4n) is 2.66. The zero-order valence-electron chi connectivity index (χ0n) is 9.03. The van der Waals surface area contributed by atoms with Crippen LogP contribution >= 0.6 is 34.0 Å². The van der Waals surface area contributed by atoms with Crippen LogP contribution < -0.4 is 0 Å². The molecule has 0 unspecified atom stereocenters. The van der Waals surface area contributed by atoms with Crippen molar-refractivity contribution in [3.63, 3.8) is 0 Å². The van der Waals surface area contributed by atoms with E-state index >= 15 is 0 Å². The molecule has 16 heavy (non-hydrogen) atoms. The molecule has 0 amide bonds. The van der Waals surface area contributed by atoms with Gasteiger partial charge in [-0.3, -0.25) is 0 Å². The quantitative estimate of drug-likeness (QED) is 0.513. The van der Waals surface area contributed by atoms with Gasteiger partial charge in [-0.2, -0.15) is 0 Å². The Balaban J connectivity index is 2.23. The van der Waals surface area contributed by atoms with Gasteiger partial charge in [0.25, 0.3) is 0 Å². The lowest BCUT2D eigenvalue weighted by Gasteiger charge is -2.19. The van der Waals surface area contributed by atoms with Gasteiger partial charge in [-0.1, -0.05) is 13.8 Å². The predicted octanol–water partition coefficient (Wildman–Crippen LogP) is 5.33. The van der Waals surface area contributed by atoms with E-state index in [1.165, 1.54) is 24.7 Å². The summed E-state index contributed by atoms with van der Waals surface area (Å²) in [5, 5.41) is 4.44. The minimum atomic E-state index is 0.202. The highest BCUT2D eigenvalue weighted by Crippen LogP contribution is 2.57. The summed E-state index contributed by atoms with van der Waals surface area (Å²) in [6, 6.07) is 4.55. The molecule has 1 aliphatic rings. The first kappa shape index (κ1) is 9.40. The first-order valence-electron chi connectivity index (χ1n) is 5.28. The van der Waals surface area contributed by atoms with Crippen molar-refractivity contribution in [3.05, 3.63) is 34.0 Å². The number of thiophene rings is 3. The van der Waals surface area contributed by atoms with E-state index in [4.69, 9.17) is 0 Å². The molecule has 0 spiro atoms. The van der Waals surface area contributed by atoms with Gasteiger partial charge >= 0.3 is 0 Å². The summed E-state index contributed by atoms with van der Waals surface area (Å²) in [5.74, 6) is 0. The summed E-state index contributed by atoms with van der Waals surface area (Å²) in [4.78, 5) is 3.03. The molecule has 3 aromatic rings. The van der Waals surface area contributed by atoms with Crippen molar-refractivity contribution < 1.29 is 0 Å². The Morgan fingerprint density at radius 2 is 1.81 bits per heavy atom. The molecule has 1 aliphatic carbocycles. The van der Waals surface area contributed by atoms with Crippen LogP contribution in [0.15, 0.2) is 22.9 Å². The van der Waals surface area contributed by atoms with Crippen LogP contribution in [0.2, 0.25) is 0 Å². The summed E-state index contributed by atoms with van der Waals surface area (Å²) in [7, 11) is 0. The molecule has 0 atom stereocenters. The van der Waals surface area contributed by atoms with Crippen LogP contribution in [0.25, 0.3) is 19.2 Å². The lowest BCUT2D eigenvalue weighted by atomic mass is 9.84. The SMILES string of the molecule is CC1(C)c2ccsc2-c2sc3ccsc3c21. The molecule has 80 valence electrons. The number of hydrogen-bond acceptors (Lipinski definition) is 3. The van der Waals surface area contributed by atoms with Crippen molar-refractivity contribution >= 4 is 43.4 Å². The summed E-state index contributed by atoms with van der Waals surface area (Å²) in [6.07, 6.45) is 0. The van der Waals surface area contributed by atoms with Gasteiger partial charge in [0.15, 0.2) is 0 Å². The van der Waals surface area contributed by atoms with Gasteiger partial charge in [0.1, 0.15) is 0 Å². The third-order valence-corrected chi connectivity index (χ3v) is 6.76. The molecule has 0 aliphatic heterocycles. The Morgan fingerprint density at radius 1 is 1.00 bits per heavy atom. The average Bonchev–Trinajstić information content (AvgIpc) is 2.91. The van der Waals surface area contributed by atoms with Crippen LogP contribution in [0.3, 0.4) is 0 Å². The molecule has 0 N–H and O–H groups in total. The van der Waals surface area contributed by atoms with Crippen LogP contribution in [0, 0.1) is 0 Å². The number of fused-ring (bicyclic) bond motifs is 5. The van der Waals surface area contributed by atoms with Crippen molar-refractivity contribution in [2.24, 2.45) is 0 Å². The van der Waals surface area contributed by atoms with Crippen LogP contribution in [0.1, 0.15) is 25.0 Å². The van der Waals surface area contributed by atoms with Crippen LogP contribution in [0.4, 0.5) is 0 Å². The van der Waals surface area contributed by atoms with Crippen molar-refractivity contribution in [2.45, 2.75) is 19.3 Å². The average molecular weight is 262 g/mol. The van der Waals surface area contributed by atoms with E-state index in [0.29, 0.717) is 0 Å². The van der Waals surface area contributed by atoms with E-state index in [1.54, 1.807) is 5.56 Å². The molecular formula is C13H10S3. The Morgan fingerprint density at radius 3 is 2.69 bits per heavy atom. The van der Waals surface area contributed by atoms with Gasteiger partial charge in [0, 0.05) is 19.7 Å². The molecule has 3 heterocycles. The summed E-state index contributed by atoms with van der Waals surface area (Å²) >= 11 is 5.74. The maximum atomic E-state index is 2.36. The molecule has 0 bridgehead atoms. The molecule has 0 nitrogen and oxygen atoms in total. The maximum Gasteiger partial charge on any atom is 0.0507 e. The summed E-state index contributed by atoms with van der Waals surface area (Å²) in [6.45, 7) is 4.71. The van der Waals surface area contributed by atoms with Crippen molar-refractivity contribution in [2.75, 3.05) is 0 Å². The topological polar surface area (TPSA) is 0 Å². The first-order valence-corrected chi connectivity index (χ1v) is 7.86. The Labute approximate surface area is 106 Å². The van der Waals surface area contributed by atoms with E-state index in [2.05, 4.69) is 36.7 Å². The predicted molar refractivity (Wildman–Crippen MR) is 75.1 cm³/mol. The van der Waals surface area contributed by atoms with Gasteiger partial charge in [0.2, 0.25) is 0 Å². The fraction of sp³-hybridized carbons (Fsp3) is 0.231. The van der Waals surface area contributed by atoms with Crippen LogP contribution in [-0.2, 0) is 5.41 Å². The lowest BCUT2D eigenvalue weighted by Crippen LogP contribution is -2.13. The number of rotatable bonds is 0. The molecular weight excluding hydrogens is 252 g/mol. The molecule has 0 radical (unpaired) electrons. The first-order chi connectivity index (χ1) is 7.69. The second kappa shape index (κ2) is 2.78. The highest BCUT2D eigenvalue weighted by atomic mass is 32.1. The van der Waals surface area contributed by atoms with E-state index in [9.17, 15) is 0 Å². The molecule has 3 heteroatoms. The summed E-state index contributed by atoms with van der Waals surface area (Å²) in [5.41, 5.74) is 3.30. The van der Waals surface area contributed by atoms with Crippen molar-refractivity contribution in [1.29, 1.82) is 0 Å². The Bertz CT molecular complexity index is 694. The normalized spacial score (nSPS) is 16.6. The maximum absolute atomic E-state index is 2.36. The molecule has 4 rings (SSSR count). The highest BCUT2D eigenvalue weighted by Gasteiger charge is 2.39. The Hall–Kier alpha value is -0.640. The Kier molecular flexibility index (Phi) is 1.63. The van der Waals surface area contributed by atoms with E-state index in [1.807, 2.05) is 34.0 Å². The fourth-order valence-corrected chi connectivity index (χ4v) is 6.56. The number of hydrogen-bond donors (Lipinski definition) is 0. The molecule has 0 saturated heterocycles. The van der Waals surface area contributed by atoms with Gasteiger partial charge in [0.05, 0.1) is 4.88 Å². The van der Waals surface area contributed by atoms with E-state index in [-0.39, 0.29) is 5.41 Å². The van der Waals surface area contributed by atoms with Gasteiger partial charge in [-0.15, -0.1) is 34.0 Å². The molecule has 0 aromatic carbocycles. The van der Waals surface area contributed by atoms with Gasteiger partial charge in [-0.25, -0.2) is 0 Å². The zero-order chi connectivity index (χ0) is 10.9. The largest absolute Gasteiger partial charge is 0.143 e. The molecule has 0 saturated carbocycles. The van der Waals surface area contributed by atoms with E-state index in [0.717, 1.165) is 0 Å². The van der Waals surface area contributed by atoms with Gasteiger partial charge < -0.3 is 0 Å². The second-order valence-corrected chi connectivity index (χ2v) is 7.59. The monoisotopic (exact) mass is 262 g/mol. The smallest absolute Gasteiger partial charge is 0.0507 e. The second-order valence-electron chi connectivity index (χ2n) is 4.71. The lowest BCUT2D eigenvalue weighted by molar-refractivity contribution is 0.669. The van der Waals surface area contributed by atoms with E-state index < -0.39 is 0 Å². The zero-order valence-corrected chi connectivity index (χ0v) is 11.5. The van der Waals surface area contributed by atoms with Crippen molar-refractivity contribution in [1.82, 2.24) is 0 Å². The van der Waals surface area contributed by atoms with Crippen LogP contribution in [0.5, 0.6) is 0 Å². The summed E-state index contributed by atoms with van der Waals surface area (Å²) < 4.78 is 2.97. The third kappa shape index (κ3) is 0.910. The third-order valence-electron chi connectivity index (χ3n) is 3.47. The van der Waals surface area contributed by atoms with Crippen molar-refractivity contribution in [3.8, 4) is 9.75 Å². The standard InChI is InChI=1S/C13H10S3/c1-13(2)7-3-5-14-10(7)12-9(13)11-8(16-12)4-6-15-11/h3-6H,1-2H3. The van der Waals surface area contributed by atoms with Crippen LogP contribution in [-0.4, -0.2) is 0 Å². The minimum Gasteiger partial charge on any atom is -0.143 e. The van der Waals surface area contributed by atoms with Gasteiger partial charge in [-0.05, 0) is 34.0 Å². The molecule has 3 aromatic heterocycles. The molecule has 0 fully saturated rings. The highest BCUT2D eigenvalue weighted by molar-refractivity contribution is 7.31. The minimum absolute atomic E-state index is 0.202.